The second-order valence-electron chi connectivity index (χ2n) is 9.37. The highest BCUT2D eigenvalue weighted by Gasteiger charge is 2.42. The van der Waals surface area contributed by atoms with Gasteiger partial charge in [-0.3, -0.25) is 9.59 Å². The molecule has 0 bridgehead atoms. The monoisotopic (exact) mass is 525 g/mol. The fourth-order valence-electron chi connectivity index (χ4n) is 5.47. The number of hydrogen-bond donors (Lipinski definition) is 1. The molecule has 0 radical (unpaired) electrons. The van der Waals surface area contributed by atoms with Gasteiger partial charge in [0.25, 0.3) is 0 Å². The zero-order valence-electron chi connectivity index (χ0n) is 19.8. The maximum absolute atomic E-state index is 13.2. The Bertz CT molecular complexity index is 1280. The lowest BCUT2D eigenvalue weighted by Gasteiger charge is -2.42. The average Bonchev–Trinajstić information content (AvgIpc) is 2.85. The van der Waals surface area contributed by atoms with Crippen LogP contribution in [0.25, 0.3) is 0 Å². The number of carboxylic acid groups (broad SMARTS) is 1. The molecule has 2 aromatic carbocycles. The largest absolute Gasteiger partial charge is 0.486 e. The minimum Gasteiger partial charge on any atom is -0.486 e. The summed E-state index contributed by atoms with van der Waals surface area (Å²) in [4.78, 5) is 39.4. The number of nitrogens with zero attached hydrogens (tertiary/aromatic N) is 1. The van der Waals surface area contributed by atoms with Gasteiger partial charge in [-0.05, 0) is 61.1 Å². The first-order chi connectivity index (χ1) is 17.3. The number of rotatable bonds is 5. The first-order valence-electron chi connectivity index (χ1n) is 12.0. The van der Waals surface area contributed by atoms with Crippen LogP contribution in [0.2, 0.25) is 10.0 Å². The lowest BCUT2D eigenvalue weighted by atomic mass is 9.71. The number of carboxylic acids is 1. The van der Waals surface area contributed by atoms with Crippen LogP contribution in [-0.2, 0) is 16.2 Å². The fraction of sp³-hybridized carbons (Fsp3) is 0.321. The van der Waals surface area contributed by atoms with Crippen molar-refractivity contribution in [3.05, 3.63) is 85.7 Å². The molecule has 1 heterocycles. The van der Waals surface area contributed by atoms with E-state index >= 15 is 0 Å². The van der Waals surface area contributed by atoms with Crippen LogP contribution in [0.1, 0.15) is 65.9 Å². The molecular formula is C28H25Cl2NO5. The van der Waals surface area contributed by atoms with Crippen molar-refractivity contribution in [3.8, 4) is 5.75 Å². The normalized spacial score (nSPS) is 18.4. The highest BCUT2D eigenvalue weighted by molar-refractivity contribution is 6.37. The van der Waals surface area contributed by atoms with E-state index in [1.165, 1.54) is 12.1 Å². The van der Waals surface area contributed by atoms with Gasteiger partial charge in [0.15, 0.2) is 17.3 Å². The second-order valence-corrected chi connectivity index (χ2v) is 10.2. The number of carbonyl (C=O) groups excluding carboxylic acids is 2. The van der Waals surface area contributed by atoms with Gasteiger partial charge in [-0.2, -0.15) is 0 Å². The molecule has 186 valence electrons. The standard InChI is InChI=1S/C28H25Cl2NO5/c1-31-20-4-2-6-22(32)25(20)24(26-21(31)5-3-7-23(26)33)17-12-18(29)27(19(30)13-17)36-14-15-8-10-16(11-9-15)28(34)35/h8-13,24H,2-7,14H2,1H3,(H,34,35). The van der Waals surface area contributed by atoms with Crippen LogP contribution < -0.4 is 4.74 Å². The summed E-state index contributed by atoms with van der Waals surface area (Å²) in [7, 11) is 1.96. The van der Waals surface area contributed by atoms with Gasteiger partial charge < -0.3 is 14.7 Å². The molecule has 0 aromatic heterocycles. The van der Waals surface area contributed by atoms with E-state index < -0.39 is 11.9 Å². The molecular weight excluding hydrogens is 501 g/mol. The van der Waals surface area contributed by atoms with Crippen molar-refractivity contribution in [2.45, 2.75) is 51.0 Å². The van der Waals surface area contributed by atoms with Gasteiger partial charge in [-0.25, -0.2) is 4.79 Å². The van der Waals surface area contributed by atoms with E-state index in [9.17, 15) is 14.4 Å². The van der Waals surface area contributed by atoms with Gasteiger partial charge in [0.1, 0.15) is 6.61 Å². The van der Waals surface area contributed by atoms with Crippen LogP contribution in [0.5, 0.6) is 5.75 Å². The van der Waals surface area contributed by atoms with E-state index in [0.29, 0.717) is 35.3 Å². The Hall–Kier alpha value is -3.09. The Morgan fingerprint density at radius 3 is 1.97 bits per heavy atom. The first-order valence-corrected chi connectivity index (χ1v) is 12.7. The molecule has 0 spiro atoms. The summed E-state index contributed by atoms with van der Waals surface area (Å²) in [6.07, 6.45) is 4.11. The van der Waals surface area contributed by atoms with Crippen LogP contribution in [-0.4, -0.2) is 34.6 Å². The highest BCUT2D eigenvalue weighted by Crippen LogP contribution is 2.50. The predicted molar refractivity (Wildman–Crippen MR) is 136 cm³/mol. The molecule has 2 aromatic rings. The maximum Gasteiger partial charge on any atom is 0.335 e. The summed E-state index contributed by atoms with van der Waals surface area (Å²) in [6.45, 7) is 0.147. The van der Waals surface area contributed by atoms with Crippen LogP contribution in [0, 0.1) is 0 Å². The van der Waals surface area contributed by atoms with Gasteiger partial charge >= 0.3 is 5.97 Å². The van der Waals surface area contributed by atoms with E-state index in [1.807, 2.05) is 7.05 Å². The third kappa shape index (κ3) is 4.33. The molecule has 0 saturated heterocycles. The Morgan fingerprint density at radius 1 is 0.944 bits per heavy atom. The number of aromatic carboxylic acids is 1. The summed E-state index contributed by atoms with van der Waals surface area (Å²) < 4.78 is 5.89. The van der Waals surface area contributed by atoms with Crippen LogP contribution >= 0.6 is 23.2 Å². The van der Waals surface area contributed by atoms with Gasteiger partial charge in [0, 0.05) is 48.3 Å². The molecule has 1 aliphatic heterocycles. The van der Waals surface area contributed by atoms with Crippen molar-refractivity contribution < 1.29 is 24.2 Å². The highest BCUT2D eigenvalue weighted by atomic mass is 35.5. The predicted octanol–water partition coefficient (Wildman–Crippen LogP) is 6.31. The number of Topliss-reactive ketones (excluding diaryl/α,β-unsaturated/α-hetero) is 2. The quantitative estimate of drug-likeness (QED) is 0.492. The molecule has 8 heteroatoms. The molecule has 2 aliphatic carbocycles. The lowest BCUT2D eigenvalue weighted by Crippen LogP contribution is -2.37. The van der Waals surface area contributed by atoms with Gasteiger partial charge in [0.2, 0.25) is 0 Å². The summed E-state index contributed by atoms with van der Waals surface area (Å²) in [5, 5.41) is 9.64. The molecule has 5 rings (SSSR count). The maximum atomic E-state index is 13.2. The molecule has 1 N–H and O–H groups in total. The van der Waals surface area contributed by atoms with E-state index in [1.54, 1.807) is 24.3 Å². The molecule has 0 amide bonds. The molecule has 0 fully saturated rings. The summed E-state index contributed by atoms with van der Waals surface area (Å²) in [6, 6.07) is 9.84. The fourth-order valence-corrected chi connectivity index (χ4v) is 6.08. The Morgan fingerprint density at radius 2 is 1.47 bits per heavy atom. The number of carbonyl (C=O) groups is 3. The number of hydrogen-bond acceptors (Lipinski definition) is 5. The molecule has 0 unspecified atom stereocenters. The van der Waals surface area contributed by atoms with E-state index in [0.717, 1.165) is 42.6 Å². The smallest absolute Gasteiger partial charge is 0.335 e. The topological polar surface area (TPSA) is 83.9 Å². The van der Waals surface area contributed by atoms with Crippen molar-refractivity contribution in [1.29, 1.82) is 0 Å². The number of allylic oxidation sites excluding steroid dienone is 4. The zero-order chi connectivity index (χ0) is 25.6. The van der Waals surface area contributed by atoms with E-state index in [2.05, 4.69) is 4.90 Å². The molecule has 0 saturated carbocycles. The third-order valence-corrected chi connectivity index (χ3v) is 7.74. The Labute approximate surface area is 219 Å². The average molecular weight is 526 g/mol. The van der Waals surface area contributed by atoms with Crippen molar-refractivity contribution in [2.75, 3.05) is 7.05 Å². The Kier molecular flexibility index (Phi) is 6.66. The van der Waals surface area contributed by atoms with Crippen LogP contribution in [0.15, 0.2) is 58.9 Å². The van der Waals surface area contributed by atoms with Crippen molar-refractivity contribution in [1.82, 2.24) is 4.90 Å². The van der Waals surface area contributed by atoms with E-state index in [-0.39, 0.29) is 33.8 Å². The number of ether oxygens (including phenoxy) is 1. The van der Waals surface area contributed by atoms with Crippen molar-refractivity contribution >= 4 is 40.7 Å². The first kappa shape index (κ1) is 24.6. The third-order valence-electron chi connectivity index (χ3n) is 7.18. The van der Waals surface area contributed by atoms with Gasteiger partial charge in [0.05, 0.1) is 15.6 Å². The molecule has 6 nitrogen and oxygen atoms in total. The minimum absolute atomic E-state index is 0.0652. The number of ketones is 2. The van der Waals surface area contributed by atoms with Gasteiger partial charge in [-0.1, -0.05) is 35.3 Å². The van der Waals surface area contributed by atoms with Gasteiger partial charge in [-0.15, -0.1) is 0 Å². The minimum atomic E-state index is -0.998. The Balaban J connectivity index is 1.50. The molecule has 0 atom stereocenters. The van der Waals surface area contributed by atoms with Crippen molar-refractivity contribution in [2.24, 2.45) is 0 Å². The summed E-state index contributed by atoms with van der Waals surface area (Å²) >= 11 is 13.3. The lowest BCUT2D eigenvalue weighted by molar-refractivity contribution is -0.117. The zero-order valence-corrected chi connectivity index (χ0v) is 21.3. The number of halogens is 2. The van der Waals surface area contributed by atoms with E-state index in [4.69, 9.17) is 33.0 Å². The number of benzene rings is 2. The summed E-state index contributed by atoms with van der Waals surface area (Å²) in [5.74, 6) is -1.06. The van der Waals surface area contributed by atoms with Crippen molar-refractivity contribution in [3.63, 3.8) is 0 Å². The molecule has 36 heavy (non-hydrogen) atoms. The molecule has 3 aliphatic rings. The second kappa shape index (κ2) is 9.75. The van der Waals surface area contributed by atoms with Crippen LogP contribution in [0.3, 0.4) is 0 Å². The van der Waals surface area contributed by atoms with Crippen LogP contribution in [0.4, 0.5) is 0 Å². The summed E-state index contributed by atoms with van der Waals surface area (Å²) in [5.41, 5.74) is 4.99. The SMILES string of the molecule is CN1C2=C(C(=O)CCC2)C(c2cc(Cl)c(OCc3ccc(C(=O)O)cc3)c(Cl)c2)C2=C1CCCC2=O.